The first-order chi connectivity index (χ1) is 9.63. The summed E-state index contributed by atoms with van der Waals surface area (Å²) in [5.74, 6) is 0. The molecule has 0 aliphatic rings. The fourth-order valence-corrected chi connectivity index (χ4v) is 4.00. The lowest BCUT2D eigenvalue weighted by Crippen LogP contribution is -2.17. The second kappa shape index (κ2) is 5.72. The predicted molar refractivity (Wildman–Crippen MR) is 90.4 cm³/mol. The third-order valence-electron chi connectivity index (χ3n) is 3.39. The van der Waals surface area contributed by atoms with Crippen LogP contribution in [0.15, 0.2) is 46.4 Å². The molecule has 0 spiro atoms. The van der Waals surface area contributed by atoms with Gasteiger partial charge in [-0.3, -0.25) is 0 Å². The highest BCUT2D eigenvalue weighted by Gasteiger charge is 2.08. The quantitative estimate of drug-likeness (QED) is 0.743. The Morgan fingerprint density at radius 1 is 1.35 bits per heavy atom. The minimum absolute atomic E-state index is 0.192. The highest BCUT2D eigenvalue weighted by molar-refractivity contribution is 9.10. The van der Waals surface area contributed by atoms with E-state index in [0.717, 1.165) is 17.4 Å². The molecule has 2 nitrogen and oxygen atoms in total. The van der Waals surface area contributed by atoms with Gasteiger partial charge in [-0.05, 0) is 53.0 Å². The first-order valence-corrected chi connectivity index (χ1v) is 8.36. The first-order valence-electron chi connectivity index (χ1n) is 6.68. The highest BCUT2D eigenvalue weighted by Crippen LogP contribution is 2.25. The van der Waals surface area contributed by atoms with Crippen molar-refractivity contribution in [3.05, 3.63) is 56.8 Å². The molecule has 2 heterocycles. The van der Waals surface area contributed by atoms with Crippen molar-refractivity contribution in [3.63, 3.8) is 0 Å². The number of benzene rings is 1. The predicted octanol–water partition coefficient (Wildman–Crippen LogP) is 4.40. The van der Waals surface area contributed by atoms with Gasteiger partial charge in [-0.25, -0.2) is 0 Å². The molecule has 0 amide bonds. The fraction of sp³-hybridized carbons (Fsp3) is 0.250. The molecule has 0 saturated carbocycles. The van der Waals surface area contributed by atoms with Gasteiger partial charge in [0.05, 0.1) is 6.54 Å². The molecule has 1 unspecified atom stereocenters. The van der Waals surface area contributed by atoms with Crippen LogP contribution in [0.1, 0.15) is 17.4 Å². The van der Waals surface area contributed by atoms with E-state index in [0.29, 0.717) is 0 Å². The van der Waals surface area contributed by atoms with E-state index in [1.54, 1.807) is 11.3 Å². The van der Waals surface area contributed by atoms with Gasteiger partial charge in [0, 0.05) is 37.9 Å². The molecule has 0 aliphatic heterocycles. The summed E-state index contributed by atoms with van der Waals surface area (Å²) in [7, 11) is 0. The van der Waals surface area contributed by atoms with Crippen LogP contribution in [-0.2, 0) is 13.0 Å². The molecular weight excluding hydrogens is 332 g/mol. The third kappa shape index (κ3) is 2.82. The molecule has 1 atom stereocenters. The molecule has 0 fully saturated rings. The van der Waals surface area contributed by atoms with E-state index in [4.69, 9.17) is 5.73 Å². The maximum absolute atomic E-state index is 5.94. The number of thiophene rings is 1. The number of halogens is 1. The van der Waals surface area contributed by atoms with E-state index in [1.165, 1.54) is 21.3 Å². The summed E-state index contributed by atoms with van der Waals surface area (Å²) < 4.78 is 3.46. The summed E-state index contributed by atoms with van der Waals surface area (Å²) in [5, 5.41) is 3.45. The molecule has 3 rings (SSSR count). The summed E-state index contributed by atoms with van der Waals surface area (Å²) in [6.07, 6.45) is 3.09. The zero-order chi connectivity index (χ0) is 14.1. The van der Waals surface area contributed by atoms with Crippen LogP contribution in [-0.4, -0.2) is 10.6 Å². The summed E-state index contributed by atoms with van der Waals surface area (Å²) in [4.78, 5) is 1.35. The van der Waals surface area contributed by atoms with Crippen LogP contribution in [0.2, 0.25) is 0 Å². The summed E-state index contributed by atoms with van der Waals surface area (Å²) in [5.41, 5.74) is 8.56. The third-order valence-corrected chi connectivity index (χ3v) is 5.08. The Morgan fingerprint density at radius 2 is 2.20 bits per heavy atom. The van der Waals surface area contributed by atoms with Gasteiger partial charge < -0.3 is 10.3 Å². The Labute approximate surface area is 131 Å². The van der Waals surface area contributed by atoms with Crippen molar-refractivity contribution in [3.8, 4) is 0 Å². The highest BCUT2D eigenvalue weighted by atomic mass is 79.9. The van der Waals surface area contributed by atoms with Crippen molar-refractivity contribution in [1.82, 2.24) is 4.57 Å². The normalized spacial score (nSPS) is 12.9. The molecule has 1 aromatic carbocycles. The molecule has 4 heteroatoms. The lowest BCUT2D eigenvalue weighted by molar-refractivity contribution is 0.741. The molecule has 0 bridgehead atoms. The van der Waals surface area contributed by atoms with Crippen molar-refractivity contribution in [2.24, 2.45) is 5.73 Å². The monoisotopic (exact) mass is 348 g/mol. The van der Waals surface area contributed by atoms with Crippen LogP contribution in [0.3, 0.4) is 0 Å². The maximum atomic E-state index is 5.94. The maximum Gasteiger partial charge on any atom is 0.0569 e. The van der Waals surface area contributed by atoms with Gasteiger partial charge in [0.1, 0.15) is 0 Å². The van der Waals surface area contributed by atoms with Crippen molar-refractivity contribution >= 4 is 38.2 Å². The summed E-state index contributed by atoms with van der Waals surface area (Å²) in [6, 6.07) is 11.1. The lowest BCUT2D eigenvalue weighted by atomic mass is 10.0. The molecular formula is C16H17BrN2S. The Morgan fingerprint density at radius 3 is 2.90 bits per heavy atom. The molecule has 0 radical (unpaired) electrons. The molecule has 20 heavy (non-hydrogen) atoms. The number of nitrogens with two attached hydrogens (primary N) is 1. The summed E-state index contributed by atoms with van der Waals surface area (Å²) in [6.45, 7) is 2.97. The minimum Gasteiger partial charge on any atom is -0.342 e. The van der Waals surface area contributed by atoms with E-state index in [9.17, 15) is 0 Å². The standard InChI is InChI=1S/C16H17BrN2S/c1-11(18)7-12-3-2-4-16-15(12)5-6-19(16)9-14-8-13(17)10-20-14/h2-6,8,10-11H,7,9,18H2,1H3. The average molecular weight is 349 g/mol. The van der Waals surface area contributed by atoms with Gasteiger partial charge in [-0.1, -0.05) is 12.1 Å². The number of rotatable bonds is 4. The van der Waals surface area contributed by atoms with Crippen LogP contribution in [0.25, 0.3) is 10.9 Å². The molecule has 2 aromatic heterocycles. The minimum atomic E-state index is 0.192. The average Bonchev–Trinajstić information content (AvgIpc) is 2.97. The second-order valence-corrected chi connectivity index (χ2v) is 7.12. The van der Waals surface area contributed by atoms with Crippen LogP contribution in [0, 0.1) is 0 Å². The molecule has 0 saturated heterocycles. The van der Waals surface area contributed by atoms with Gasteiger partial charge in [-0.2, -0.15) is 0 Å². The number of fused-ring (bicyclic) bond motifs is 1. The topological polar surface area (TPSA) is 30.9 Å². The molecule has 3 aromatic rings. The van der Waals surface area contributed by atoms with Gasteiger partial charge in [0.15, 0.2) is 0 Å². The Bertz CT molecular complexity index is 727. The lowest BCUT2D eigenvalue weighted by Gasteiger charge is -2.08. The van der Waals surface area contributed by atoms with E-state index < -0.39 is 0 Å². The zero-order valence-corrected chi connectivity index (χ0v) is 13.7. The molecule has 104 valence electrons. The van der Waals surface area contributed by atoms with Gasteiger partial charge >= 0.3 is 0 Å². The Kier molecular flexibility index (Phi) is 3.96. The number of hydrogen-bond acceptors (Lipinski definition) is 2. The zero-order valence-electron chi connectivity index (χ0n) is 11.3. The van der Waals surface area contributed by atoms with Crippen LogP contribution in [0.5, 0.6) is 0 Å². The van der Waals surface area contributed by atoms with Crippen LogP contribution in [0.4, 0.5) is 0 Å². The van der Waals surface area contributed by atoms with Crippen molar-refractivity contribution in [2.45, 2.75) is 25.9 Å². The Hall–Kier alpha value is -1.10. The van der Waals surface area contributed by atoms with E-state index in [1.807, 2.05) is 0 Å². The van der Waals surface area contributed by atoms with Gasteiger partial charge in [-0.15, -0.1) is 11.3 Å². The van der Waals surface area contributed by atoms with E-state index in [-0.39, 0.29) is 6.04 Å². The van der Waals surface area contributed by atoms with E-state index in [2.05, 4.69) is 69.3 Å². The largest absolute Gasteiger partial charge is 0.342 e. The van der Waals surface area contributed by atoms with Crippen LogP contribution < -0.4 is 5.73 Å². The van der Waals surface area contributed by atoms with Crippen LogP contribution >= 0.6 is 27.3 Å². The van der Waals surface area contributed by atoms with Crippen molar-refractivity contribution in [2.75, 3.05) is 0 Å². The van der Waals surface area contributed by atoms with Crippen molar-refractivity contribution < 1.29 is 0 Å². The Balaban J connectivity index is 1.97. The van der Waals surface area contributed by atoms with Gasteiger partial charge in [0.25, 0.3) is 0 Å². The molecule has 0 aliphatic carbocycles. The van der Waals surface area contributed by atoms with Gasteiger partial charge in [0.2, 0.25) is 0 Å². The second-order valence-electron chi connectivity index (χ2n) is 5.21. The molecule has 2 N–H and O–H groups in total. The number of nitrogens with zero attached hydrogens (tertiary/aromatic N) is 1. The van der Waals surface area contributed by atoms with E-state index >= 15 is 0 Å². The smallest absolute Gasteiger partial charge is 0.0569 e. The van der Waals surface area contributed by atoms with Crippen molar-refractivity contribution in [1.29, 1.82) is 0 Å². The number of hydrogen-bond donors (Lipinski definition) is 1. The number of aromatic nitrogens is 1. The fourth-order valence-electron chi connectivity index (χ4n) is 2.55. The summed E-state index contributed by atoms with van der Waals surface area (Å²) >= 11 is 5.30. The first kappa shape index (κ1) is 13.9. The SMILES string of the molecule is CC(N)Cc1cccc2c1ccn2Cc1cc(Br)cs1.